The molecule has 3 rings (SSSR count). The first kappa shape index (κ1) is 20.3. The molecule has 0 saturated heterocycles. The highest BCUT2D eigenvalue weighted by molar-refractivity contribution is 7.86. The number of para-hydroxylation sites is 1. The number of benzene rings is 2. The minimum absolute atomic E-state index is 0.0436. The monoisotopic (exact) mass is 398 g/mol. The number of rotatable bonds is 6. The second kappa shape index (κ2) is 9.15. The number of amides is 2. The normalized spacial score (nSPS) is 16.7. The van der Waals surface area contributed by atoms with Gasteiger partial charge in [-0.2, -0.15) is 0 Å². The van der Waals surface area contributed by atoms with Crippen LogP contribution in [0.2, 0.25) is 0 Å². The summed E-state index contributed by atoms with van der Waals surface area (Å²) in [6.07, 6.45) is 2.92. The second-order valence-electron chi connectivity index (χ2n) is 7.25. The number of anilines is 1. The van der Waals surface area contributed by atoms with E-state index in [0.717, 1.165) is 41.6 Å². The predicted molar refractivity (Wildman–Crippen MR) is 113 cm³/mol. The highest BCUT2D eigenvalue weighted by Crippen LogP contribution is 2.29. The van der Waals surface area contributed by atoms with Crippen molar-refractivity contribution in [3.8, 4) is 0 Å². The molecule has 148 valence electrons. The summed E-state index contributed by atoms with van der Waals surface area (Å²) in [6.45, 7) is 3.82. The van der Waals surface area contributed by atoms with Crippen LogP contribution in [0.3, 0.4) is 0 Å². The lowest BCUT2D eigenvalue weighted by Gasteiger charge is -2.26. The number of hydrogen-bond acceptors (Lipinski definition) is 3. The fraction of sp³-hybridized carbons (Fsp3) is 0.364. The quantitative estimate of drug-likeness (QED) is 0.785. The molecule has 0 aromatic heterocycles. The van der Waals surface area contributed by atoms with Crippen molar-refractivity contribution in [3.05, 3.63) is 64.7 Å². The Morgan fingerprint density at radius 1 is 1.00 bits per heavy atom. The topological polar surface area (TPSA) is 75.3 Å². The third kappa shape index (κ3) is 5.07. The molecule has 0 spiro atoms. The van der Waals surface area contributed by atoms with Crippen LogP contribution in [0.1, 0.15) is 41.1 Å². The van der Waals surface area contributed by atoms with Crippen LogP contribution in [0.5, 0.6) is 0 Å². The summed E-state index contributed by atoms with van der Waals surface area (Å²) < 4.78 is 12.3. The number of hydrogen-bond donors (Lipinski definition) is 2. The Bertz CT molecular complexity index is 890. The number of nitrogens with one attached hydrogen (secondary N) is 2. The van der Waals surface area contributed by atoms with Gasteiger partial charge in [0, 0.05) is 16.5 Å². The van der Waals surface area contributed by atoms with Crippen molar-refractivity contribution in [2.45, 2.75) is 39.2 Å². The van der Waals surface area contributed by atoms with Gasteiger partial charge in [0.25, 0.3) is 0 Å². The van der Waals surface area contributed by atoms with Crippen LogP contribution in [0, 0.1) is 13.8 Å². The third-order valence-electron chi connectivity index (χ3n) is 5.03. The molecule has 0 fully saturated rings. The molecule has 0 unspecified atom stereocenters. The molecule has 6 heteroatoms. The van der Waals surface area contributed by atoms with Gasteiger partial charge in [0.05, 0.1) is 6.04 Å². The summed E-state index contributed by atoms with van der Waals surface area (Å²) in [4.78, 5) is 24.6. The molecule has 2 aromatic carbocycles. The number of fused-ring (bicyclic) bond motifs is 1. The van der Waals surface area contributed by atoms with Crippen LogP contribution in [0.4, 0.5) is 5.69 Å². The van der Waals surface area contributed by atoms with E-state index in [1.165, 1.54) is 5.56 Å². The van der Waals surface area contributed by atoms with Crippen LogP contribution in [-0.4, -0.2) is 27.5 Å². The maximum atomic E-state index is 12.3. The van der Waals surface area contributed by atoms with Crippen LogP contribution < -0.4 is 10.6 Å². The van der Waals surface area contributed by atoms with Gasteiger partial charge in [-0.1, -0.05) is 42.5 Å². The summed E-state index contributed by atoms with van der Waals surface area (Å²) in [7, 11) is -1.55. The minimum atomic E-state index is -1.55. The van der Waals surface area contributed by atoms with Gasteiger partial charge in [-0.3, -0.25) is 13.8 Å². The standard InChI is InChI=1S/C22H26N2O3S/c1-15-7-5-8-16(2)22(15)24-21(26)14-28(27)13-20(25)23-19-12-6-10-17-9-3-4-11-18(17)19/h3-5,7-9,11,19H,6,10,12-14H2,1-2H3,(H,23,25)(H,24,26)/t19-,28-/m0/s1. The Labute approximate surface area is 168 Å². The van der Waals surface area contributed by atoms with Crippen molar-refractivity contribution in [2.24, 2.45) is 0 Å². The zero-order valence-electron chi connectivity index (χ0n) is 16.3. The predicted octanol–water partition coefficient (Wildman–Crippen LogP) is 3.18. The number of carbonyl (C=O) groups excluding carboxylic acids is 2. The van der Waals surface area contributed by atoms with Gasteiger partial charge in [0.15, 0.2) is 0 Å². The first-order valence-corrected chi connectivity index (χ1v) is 11.0. The molecule has 1 aliphatic carbocycles. The van der Waals surface area contributed by atoms with Crippen LogP contribution in [0.15, 0.2) is 42.5 Å². The van der Waals surface area contributed by atoms with Crippen molar-refractivity contribution in [1.82, 2.24) is 5.32 Å². The lowest BCUT2D eigenvalue weighted by Crippen LogP contribution is -2.35. The van der Waals surface area contributed by atoms with Gasteiger partial charge in [0.2, 0.25) is 11.8 Å². The molecule has 0 radical (unpaired) electrons. The number of carbonyl (C=O) groups is 2. The highest BCUT2D eigenvalue weighted by atomic mass is 32.2. The van der Waals surface area contributed by atoms with E-state index in [4.69, 9.17) is 0 Å². The summed E-state index contributed by atoms with van der Waals surface area (Å²) in [5.41, 5.74) is 5.04. The molecule has 0 saturated carbocycles. The fourth-order valence-corrected chi connectivity index (χ4v) is 4.51. The second-order valence-corrected chi connectivity index (χ2v) is 8.71. The van der Waals surface area contributed by atoms with Crippen molar-refractivity contribution < 1.29 is 13.8 Å². The van der Waals surface area contributed by atoms with Crippen LogP contribution in [-0.2, 0) is 26.8 Å². The zero-order valence-corrected chi connectivity index (χ0v) is 17.1. The lowest BCUT2D eigenvalue weighted by atomic mass is 9.88. The van der Waals surface area contributed by atoms with Crippen molar-refractivity contribution in [1.29, 1.82) is 0 Å². The van der Waals surface area contributed by atoms with E-state index in [1.807, 2.05) is 50.2 Å². The van der Waals surface area contributed by atoms with E-state index < -0.39 is 10.8 Å². The Hall–Kier alpha value is -2.47. The lowest BCUT2D eigenvalue weighted by molar-refractivity contribution is -0.119. The van der Waals surface area contributed by atoms with Gasteiger partial charge < -0.3 is 10.6 Å². The minimum Gasteiger partial charge on any atom is -0.348 e. The van der Waals surface area contributed by atoms with Crippen molar-refractivity contribution in [3.63, 3.8) is 0 Å². The molecule has 1 aliphatic rings. The van der Waals surface area contributed by atoms with Gasteiger partial charge >= 0.3 is 0 Å². The molecular formula is C22H26N2O3S. The molecule has 0 aliphatic heterocycles. The SMILES string of the molecule is Cc1cccc(C)c1NC(=O)C[S@@](=O)CC(=O)N[C@H]1CCCc2ccccc21. The van der Waals surface area contributed by atoms with E-state index in [1.54, 1.807) is 0 Å². The average molecular weight is 399 g/mol. The van der Waals surface area contributed by atoms with Gasteiger partial charge in [-0.05, 0) is 55.4 Å². The molecule has 0 heterocycles. The first-order valence-electron chi connectivity index (χ1n) is 9.52. The highest BCUT2D eigenvalue weighted by Gasteiger charge is 2.22. The van der Waals surface area contributed by atoms with E-state index in [-0.39, 0.29) is 29.4 Å². The van der Waals surface area contributed by atoms with E-state index in [0.29, 0.717) is 0 Å². The van der Waals surface area contributed by atoms with E-state index >= 15 is 0 Å². The largest absolute Gasteiger partial charge is 0.348 e. The molecule has 0 bridgehead atoms. The van der Waals surface area contributed by atoms with Crippen LogP contribution in [0.25, 0.3) is 0 Å². The summed E-state index contributed by atoms with van der Waals surface area (Å²) in [5, 5.41) is 5.80. The summed E-state index contributed by atoms with van der Waals surface area (Å²) >= 11 is 0. The summed E-state index contributed by atoms with van der Waals surface area (Å²) in [6, 6.07) is 13.8. The molecule has 28 heavy (non-hydrogen) atoms. The van der Waals surface area contributed by atoms with Crippen LogP contribution >= 0.6 is 0 Å². The zero-order chi connectivity index (χ0) is 20.1. The average Bonchev–Trinajstić information content (AvgIpc) is 2.65. The Morgan fingerprint density at radius 3 is 2.43 bits per heavy atom. The van der Waals surface area contributed by atoms with Gasteiger partial charge in [-0.15, -0.1) is 0 Å². The third-order valence-corrected chi connectivity index (χ3v) is 6.20. The molecule has 2 N–H and O–H groups in total. The summed E-state index contributed by atoms with van der Waals surface area (Å²) in [5.74, 6) is -0.979. The Morgan fingerprint density at radius 2 is 1.68 bits per heavy atom. The molecule has 5 nitrogen and oxygen atoms in total. The maximum Gasteiger partial charge on any atom is 0.237 e. The molecule has 2 aromatic rings. The molecule has 2 amide bonds. The molecule has 2 atom stereocenters. The fourth-order valence-electron chi connectivity index (χ4n) is 3.67. The van der Waals surface area contributed by atoms with Crippen molar-refractivity contribution in [2.75, 3.05) is 16.8 Å². The first-order chi connectivity index (χ1) is 13.4. The Balaban J connectivity index is 1.52. The smallest absolute Gasteiger partial charge is 0.237 e. The van der Waals surface area contributed by atoms with E-state index in [2.05, 4.69) is 16.7 Å². The Kier molecular flexibility index (Phi) is 6.62. The van der Waals surface area contributed by atoms with Gasteiger partial charge in [-0.25, -0.2) is 0 Å². The van der Waals surface area contributed by atoms with Crippen molar-refractivity contribution >= 4 is 28.3 Å². The van der Waals surface area contributed by atoms with E-state index in [9.17, 15) is 13.8 Å². The molecular weight excluding hydrogens is 372 g/mol. The van der Waals surface area contributed by atoms with Gasteiger partial charge in [0.1, 0.15) is 11.5 Å². The number of aryl methyl sites for hydroxylation is 3. The maximum absolute atomic E-state index is 12.3.